The molecule has 0 heterocycles. The van der Waals surface area contributed by atoms with Crippen molar-refractivity contribution in [1.82, 2.24) is 5.32 Å². The van der Waals surface area contributed by atoms with Crippen LogP contribution in [0.2, 0.25) is 5.02 Å². The number of aliphatic carboxylic acids is 1. The number of carboxylic acid groups (broad SMARTS) is 1. The molecular weight excluding hydrogens is 318 g/mol. The van der Waals surface area contributed by atoms with Crippen LogP contribution in [0.4, 0.5) is 0 Å². The van der Waals surface area contributed by atoms with Crippen molar-refractivity contribution in [3.8, 4) is 5.75 Å². The van der Waals surface area contributed by atoms with Gasteiger partial charge in [0.25, 0.3) is 0 Å². The van der Waals surface area contributed by atoms with Crippen molar-refractivity contribution in [3.63, 3.8) is 0 Å². The number of hydrogen-bond donors (Lipinski definition) is 2. The molecule has 1 saturated carbocycles. The number of rotatable bonds is 6. The SMILES string of the molecule is COc1ccc(C[C@@H](NC(=O)C2CCCCC2)C(=O)O)cc1Cl. The van der Waals surface area contributed by atoms with Gasteiger partial charge in [-0.1, -0.05) is 36.9 Å². The zero-order valence-electron chi connectivity index (χ0n) is 13.2. The van der Waals surface area contributed by atoms with E-state index in [1.807, 2.05) is 0 Å². The molecule has 0 bridgehead atoms. The quantitative estimate of drug-likeness (QED) is 0.835. The molecule has 2 rings (SSSR count). The lowest BCUT2D eigenvalue weighted by Gasteiger charge is -2.23. The second kappa shape index (κ2) is 8.20. The number of benzene rings is 1. The van der Waals surface area contributed by atoms with E-state index in [2.05, 4.69) is 5.32 Å². The highest BCUT2D eigenvalue weighted by Gasteiger charge is 2.26. The van der Waals surface area contributed by atoms with Gasteiger partial charge in [-0.3, -0.25) is 4.79 Å². The van der Waals surface area contributed by atoms with Crippen LogP contribution in [0.1, 0.15) is 37.7 Å². The molecule has 5 nitrogen and oxygen atoms in total. The van der Waals surface area contributed by atoms with Crippen LogP contribution in [0.25, 0.3) is 0 Å². The van der Waals surface area contributed by atoms with Crippen LogP contribution >= 0.6 is 11.6 Å². The zero-order valence-corrected chi connectivity index (χ0v) is 13.9. The number of methoxy groups -OCH3 is 1. The zero-order chi connectivity index (χ0) is 16.8. The van der Waals surface area contributed by atoms with Gasteiger partial charge in [-0.05, 0) is 30.5 Å². The Labute approximate surface area is 141 Å². The van der Waals surface area contributed by atoms with Crippen LogP contribution in [0.3, 0.4) is 0 Å². The summed E-state index contributed by atoms with van der Waals surface area (Å²) in [4.78, 5) is 23.7. The first-order chi connectivity index (χ1) is 11.0. The Morgan fingerprint density at radius 1 is 1.35 bits per heavy atom. The van der Waals surface area contributed by atoms with Gasteiger partial charge in [-0.15, -0.1) is 0 Å². The molecule has 0 radical (unpaired) electrons. The monoisotopic (exact) mass is 339 g/mol. The summed E-state index contributed by atoms with van der Waals surface area (Å²) in [5.41, 5.74) is 0.743. The predicted molar refractivity (Wildman–Crippen MR) is 87.8 cm³/mol. The van der Waals surface area contributed by atoms with Crippen LogP contribution in [0, 0.1) is 5.92 Å². The van der Waals surface area contributed by atoms with Gasteiger partial charge in [-0.2, -0.15) is 0 Å². The van der Waals surface area contributed by atoms with Crippen LogP contribution in [-0.2, 0) is 16.0 Å². The molecule has 23 heavy (non-hydrogen) atoms. The summed E-state index contributed by atoms with van der Waals surface area (Å²) in [5.74, 6) is -0.726. The first-order valence-electron chi connectivity index (χ1n) is 7.87. The minimum atomic E-state index is -1.04. The lowest BCUT2D eigenvalue weighted by atomic mass is 9.88. The molecule has 0 unspecified atom stereocenters. The molecule has 0 spiro atoms. The molecule has 1 aliphatic rings. The lowest BCUT2D eigenvalue weighted by molar-refractivity contribution is -0.142. The van der Waals surface area contributed by atoms with Gasteiger partial charge in [0.15, 0.2) is 0 Å². The summed E-state index contributed by atoms with van der Waals surface area (Å²) >= 11 is 6.06. The van der Waals surface area contributed by atoms with Gasteiger partial charge >= 0.3 is 5.97 Å². The Kier molecular flexibility index (Phi) is 6.28. The van der Waals surface area contributed by atoms with Crippen LogP contribution < -0.4 is 10.1 Å². The first-order valence-corrected chi connectivity index (χ1v) is 8.24. The molecule has 1 aromatic carbocycles. The molecular formula is C17H22ClNO4. The van der Waals surface area contributed by atoms with E-state index >= 15 is 0 Å². The van der Waals surface area contributed by atoms with Gasteiger partial charge in [0.2, 0.25) is 5.91 Å². The summed E-state index contributed by atoms with van der Waals surface area (Å²) in [5, 5.41) is 12.5. The average Bonchev–Trinajstić information content (AvgIpc) is 2.55. The number of carbonyl (C=O) groups is 2. The number of hydrogen-bond acceptors (Lipinski definition) is 3. The van der Waals surface area contributed by atoms with Crippen molar-refractivity contribution < 1.29 is 19.4 Å². The molecule has 0 saturated heterocycles. The Morgan fingerprint density at radius 2 is 2.04 bits per heavy atom. The predicted octanol–water partition coefficient (Wildman–Crippen LogP) is 3.04. The molecule has 0 aromatic heterocycles. The fraction of sp³-hybridized carbons (Fsp3) is 0.529. The summed E-state index contributed by atoms with van der Waals surface area (Å²) in [7, 11) is 1.52. The van der Waals surface area contributed by atoms with Crippen molar-refractivity contribution in [2.45, 2.75) is 44.6 Å². The van der Waals surface area contributed by atoms with Crippen molar-refractivity contribution in [3.05, 3.63) is 28.8 Å². The van der Waals surface area contributed by atoms with E-state index in [1.165, 1.54) is 7.11 Å². The molecule has 1 amide bonds. The summed E-state index contributed by atoms with van der Waals surface area (Å²) in [6.07, 6.45) is 5.08. The maximum absolute atomic E-state index is 12.3. The standard InChI is InChI=1S/C17H22ClNO4/c1-23-15-8-7-11(9-13(15)18)10-14(17(21)22)19-16(20)12-5-3-2-4-6-12/h7-9,12,14H,2-6,10H2,1H3,(H,19,20)(H,21,22)/t14-/m1/s1. The average molecular weight is 340 g/mol. The highest BCUT2D eigenvalue weighted by molar-refractivity contribution is 6.32. The normalized spacial score (nSPS) is 16.6. The van der Waals surface area contributed by atoms with E-state index in [0.717, 1.165) is 37.7 Å². The minimum absolute atomic E-state index is 0.0648. The Bertz CT molecular complexity index is 570. The highest BCUT2D eigenvalue weighted by Crippen LogP contribution is 2.26. The smallest absolute Gasteiger partial charge is 0.326 e. The minimum Gasteiger partial charge on any atom is -0.495 e. The summed E-state index contributed by atoms with van der Waals surface area (Å²) in [6.45, 7) is 0. The molecule has 0 aliphatic heterocycles. The molecule has 126 valence electrons. The van der Waals surface area contributed by atoms with E-state index in [0.29, 0.717) is 10.8 Å². The number of carbonyl (C=O) groups excluding carboxylic acids is 1. The van der Waals surface area contributed by atoms with Gasteiger partial charge in [0.1, 0.15) is 11.8 Å². The second-order valence-corrected chi connectivity index (χ2v) is 6.31. The van der Waals surface area contributed by atoms with Gasteiger partial charge < -0.3 is 15.2 Å². The van der Waals surface area contributed by atoms with Gasteiger partial charge in [-0.25, -0.2) is 4.79 Å². The van der Waals surface area contributed by atoms with Crippen molar-refractivity contribution in [2.75, 3.05) is 7.11 Å². The Hall–Kier alpha value is -1.75. The van der Waals surface area contributed by atoms with Crippen molar-refractivity contribution in [2.24, 2.45) is 5.92 Å². The third-order valence-corrected chi connectivity index (χ3v) is 4.54. The van der Waals surface area contributed by atoms with Crippen LogP contribution in [-0.4, -0.2) is 30.1 Å². The summed E-state index contributed by atoms with van der Waals surface area (Å²) in [6, 6.07) is 4.17. The molecule has 2 N–H and O–H groups in total. The highest BCUT2D eigenvalue weighted by atomic mass is 35.5. The number of halogens is 1. The van der Waals surface area contributed by atoms with E-state index in [-0.39, 0.29) is 18.2 Å². The molecule has 1 aromatic rings. The first kappa shape index (κ1) is 17.6. The number of carboxylic acids is 1. The third kappa shape index (κ3) is 4.86. The largest absolute Gasteiger partial charge is 0.495 e. The van der Waals surface area contributed by atoms with Crippen LogP contribution in [0.15, 0.2) is 18.2 Å². The molecule has 1 fully saturated rings. The number of amides is 1. The molecule has 1 atom stereocenters. The number of ether oxygens (including phenoxy) is 1. The van der Waals surface area contributed by atoms with Gasteiger partial charge in [0, 0.05) is 12.3 Å². The van der Waals surface area contributed by atoms with Crippen molar-refractivity contribution >= 4 is 23.5 Å². The van der Waals surface area contributed by atoms with E-state index in [4.69, 9.17) is 16.3 Å². The Morgan fingerprint density at radius 3 is 2.61 bits per heavy atom. The maximum atomic E-state index is 12.3. The molecule has 6 heteroatoms. The topological polar surface area (TPSA) is 75.6 Å². The fourth-order valence-electron chi connectivity index (χ4n) is 2.93. The lowest BCUT2D eigenvalue weighted by Crippen LogP contribution is -2.45. The molecule has 1 aliphatic carbocycles. The fourth-order valence-corrected chi connectivity index (χ4v) is 3.21. The summed E-state index contributed by atoms with van der Waals surface area (Å²) < 4.78 is 5.08. The maximum Gasteiger partial charge on any atom is 0.326 e. The second-order valence-electron chi connectivity index (χ2n) is 5.91. The van der Waals surface area contributed by atoms with E-state index in [9.17, 15) is 14.7 Å². The van der Waals surface area contributed by atoms with Gasteiger partial charge in [0.05, 0.1) is 12.1 Å². The van der Waals surface area contributed by atoms with E-state index < -0.39 is 12.0 Å². The Balaban J connectivity index is 2.02. The van der Waals surface area contributed by atoms with Crippen LogP contribution in [0.5, 0.6) is 5.75 Å². The van der Waals surface area contributed by atoms with Crippen molar-refractivity contribution in [1.29, 1.82) is 0 Å². The van der Waals surface area contributed by atoms with E-state index in [1.54, 1.807) is 18.2 Å². The third-order valence-electron chi connectivity index (χ3n) is 4.25. The number of nitrogens with one attached hydrogen (secondary N) is 1.